The van der Waals surface area contributed by atoms with Crippen molar-refractivity contribution in [1.82, 2.24) is 0 Å². The molecule has 1 aromatic carbocycles. The van der Waals surface area contributed by atoms with Crippen LogP contribution in [0.2, 0.25) is 0 Å². The summed E-state index contributed by atoms with van der Waals surface area (Å²) in [6.07, 6.45) is 0. The molecule has 0 aromatic heterocycles. The van der Waals surface area contributed by atoms with E-state index >= 15 is 0 Å². The van der Waals surface area contributed by atoms with Gasteiger partial charge >= 0.3 is 0 Å². The SMILES string of the molecule is CC(C)[C@H](N)C(=O)Nc1ccccc1C(N)=O. The second-order valence-corrected chi connectivity index (χ2v) is 4.17. The predicted octanol–water partition coefficient (Wildman–Crippen LogP) is 0.707. The lowest BCUT2D eigenvalue weighted by Gasteiger charge is -2.16. The van der Waals surface area contributed by atoms with Gasteiger partial charge in [-0.25, -0.2) is 0 Å². The molecule has 0 spiro atoms. The van der Waals surface area contributed by atoms with Crippen molar-refractivity contribution in [2.45, 2.75) is 19.9 Å². The van der Waals surface area contributed by atoms with Crippen molar-refractivity contribution in [2.24, 2.45) is 17.4 Å². The summed E-state index contributed by atoms with van der Waals surface area (Å²) in [5, 5.41) is 2.61. The zero-order valence-electron chi connectivity index (χ0n) is 9.94. The van der Waals surface area contributed by atoms with E-state index in [9.17, 15) is 9.59 Å². The lowest BCUT2D eigenvalue weighted by Crippen LogP contribution is -2.40. The van der Waals surface area contributed by atoms with Crippen LogP contribution in [-0.2, 0) is 4.79 Å². The van der Waals surface area contributed by atoms with E-state index in [2.05, 4.69) is 5.32 Å². The summed E-state index contributed by atoms with van der Waals surface area (Å²) in [4.78, 5) is 22.9. The first kappa shape index (κ1) is 13.2. The summed E-state index contributed by atoms with van der Waals surface area (Å²) in [5.74, 6) is -0.886. The van der Waals surface area contributed by atoms with E-state index in [0.717, 1.165) is 0 Å². The van der Waals surface area contributed by atoms with Crippen LogP contribution in [0, 0.1) is 5.92 Å². The molecule has 1 atom stereocenters. The van der Waals surface area contributed by atoms with Crippen LogP contribution in [0.15, 0.2) is 24.3 Å². The Morgan fingerprint density at radius 1 is 1.24 bits per heavy atom. The number of nitrogens with two attached hydrogens (primary N) is 2. The van der Waals surface area contributed by atoms with E-state index < -0.39 is 11.9 Å². The minimum Gasteiger partial charge on any atom is -0.366 e. The number of rotatable bonds is 4. The van der Waals surface area contributed by atoms with Crippen LogP contribution in [0.1, 0.15) is 24.2 Å². The number of anilines is 1. The lowest BCUT2D eigenvalue weighted by molar-refractivity contribution is -0.118. The van der Waals surface area contributed by atoms with Crippen LogP contribution in [0.3, 0.4) is 0 Å². The van der Waals surface area contributed by atoms with Crippen molar-refractivity contribution in [2.75, 3.05) is 5.32 Å². The first-order chi connectivity index (χ1) is 7.93. The molecular weight excluding hydrogens is 218 g/mol. The van der Waals surface area contributed by atoms with Crippen molar-refractivity contribution in [3.8, 4) is 0 Å². The number of nitrogens with one attached hydrogen (secondary N) is 1. The minimum atomic E-state index is -0.615. The molecule has 5 N–H and O–H groups in total. The Labute approximate surface area is 100 Å². The molecule has 17 heavy (non-hydrogen) atoms. The fraction of sp³-hybridized carbons (Fsp3) is 0.333. The fourth-order valence-corrected chi connectivity index (χ4v) is 1.33. The van der Waals surface area contributed by atoms with Crippen LogP contribution in [0.25, 0.3) is 0 Å². The molecule has 92 valence electrons. The number of carbonyl (C=O) groups is 2. The maximum atomic E-state index is 11.7. The van der Waals surface area contributed by atoms with Crippen LogP contribution in [0.4, 0.5) is 5.69 Å². The van der Waals surface area contributed by atoms with E-state index in [4.69, 9.17) is 11.5 Å². The van der Waals surface area contributed by atoms with Crippen LogP contribution in [0.5, 0.6) is 0 Å². The molecule has 0 aliphatic rings. The van der Waals surface area contributed by atoms with E-state index in [1.54, 1.807) is 24.3 Å². The van der Waals surface area contributed by atoms with E-state index in [0.29, 0.717) is 5.69 Å². The quantitative estimate of drug-likeness (QED) is 0.716. The van der Waals surface area contributed by atoms with Gasteiger partial charge < -0.3 is 16.8 Å². The number of hydrogen-bond donors (Lipinski definition) is 3. The number of carbonyl (C=O) groups excluding carboxylic acids is 2. The third kappa shape index (κ3) is 3.29. The molecule has 0 saturated carbocycles. The van der Waals surface area contributed by atoms with Crippen LogP contribution in [-0.4, -0.2) is 17.9 Å². The van der Waals surface area contributed by atoms with Crippen molar-refractivity contribution in [1.29, 1.82) is 0 Å². The lowest BCUT2D eigenvalue weighted by atomic mass is 10.0. The molecular formula is C12H17N3O2. The highest BCUT2D eigenvalue weighted by Gasteiger charge is 2.18. The van der Waals surface area contributed by atoms with Gasteiger partial charge in [-0.2, -0.15) is 0 Å². The fourth-order valence-electron chi connectivity index (χ4n) is 1.33. The number of benzene rings is 1. The highest BCUT2D eigenvalue weighted by Crippen LogP contribution is 2.15. The van der Waals surface area contributed by atoms with Gasteiger partial charge in [-0.05, 0) is 18.1 Å². The van der Waals surface area contributed by atoms with Crippen LogP contribution < -0.4 is 16.8 Å². The van der Waals surface area contributed by atoms with Crippen molar-refractivity contribution in [3.05, 3.63) is 29.8 Å². The maximum Gasteiger partial charge on any atom is 0.250 e. The standard InChI is InChI=1S/C12H17N3O2/c1-7(2)10(13)12(17)15-9-6-4-3-5-8(9)11(14)16/h3-7,10H,13H2,1-2H3,(H2,14,16)(H,15,17)/t10-/m0/s1. The van der Waals surface area contributed by atoms with Gasteiger partial charge in [0.15, 0.2) is 0 Å². The average molecular weight is 235 g/mol. The van der Waals surface area contributed by atoms with E-state index in [-0.39, 0.29) is 17.4 Å². The molecule has 0 bridgehead atoms. The third-order valence-corrected chi connectivity index (χ3v) is 2.47. The molecule has 0 aliphatic heterocycles. The predicted molar refractivity (Wildman–Crippen MR) is 66.4 cm³/mol. The van der Waals surface area contributed by atoms with Gasteiger partial charge in [-0.1, -0.05) is 26.0 Å². The molecule has 0 heterocycles. The smallest absolute Gasteiger partial charge is 0.250 e. The molecule has 0 radical (unpaired) electrons. The van der Waals surface area contributed by atoms with E-state index in [1.165, 1.54) is 0 Å². The van der Waals surface area contributed by atoms with Crippen molar-refractivity contribution < 1.29 is 9.59 Å². The molecule has 1 rings (SSSR count). The first-order valence-corrected chi connectivity index (χ1v) is 5.38. The van der Waals surface area contributed by atoms with Gasteiger partial charge in [-0.3, -0.25) is 9.59 Å². The topological polar surface area (TPSA) is 98.2 Å². The number of primary amides is 1. The Kier molecular flexibility index (Phi) is 4.23. The van der Waals surface area contributed by atoms with Gasteiger partial charge in [0.25, 0.3) is 5.91 Å². The van der Waals surface area contributed by atoms with Crippen molar-refractivity contribution >= 4 is 17.5 Å². The summed E-state index contributed by atoms with van der Waals surface area (Å²) in [5.41, 5.74) is 11.6. The summed E-state index contributed by atoms with van der Waals surface area (Å²) in [6, 6.07) is 5.95. The number of amides is 2. The molecule has 2 amide bonds. The highest BCUT2D eigenvalue weighted by atomic mass is 16.2. The van der Waals surface area contributed by atoms with Gasteiger partial charge in [-0.15, -0.1) is 0 Å². The summed E-state index contributed by atoms with van der Waals surface area (Å²) < 4.78 is 0. The monoisotopic (exact) mass is 235 g/mol. The maximum absolute atomic E-state index is 11.7. The molecule has 1 aromatic rings. The largest absolute Gasteiger partial charge is 0.366 e. The summed E-state index contributed by atoms with van der Waals surface area (Å²) in [6.45, 7) is 3.70. The van der Waals surface area contributed by atoms with Crippen LogP contribution >= 0.6 is 0 Å². The molecule has 0 aliphatic carbocycles. The minimum absolute atomic E-state index is 0.0238. The first-order valence-electron chi connectivity index (χ1n) is 5.38. The molecule has 5 nitrogen and oxygen atoms in total. The van der Waals surface area contributed by atoms with Crippen molar-refractivity contribution in [3.63, 3.8) is 0 Å². The van der Waals surface area contributed by atoms with Gasteiger partial charge in [0.05, 0.1) is 17.3 Å². The molecule has 0 saturated heterocycles. The molecule has 5 heteroatoms. The Hall–Kier alpha value is -1.88. The Bertz CT molecular complexity index is 430. The zero-order chi connectivity index (χ0) is 13.0. The third-order valence-electron chi connectivity index (χ3n) is 2.47. The Morgan fingerprint density at radius 2 is 1.82 bits per heavy atom. The second kappa shape index (κ2) is 5.45. The summed E-state index contributed by atoms with van der Waals surface area (Å²) >= 11 is 0. The number of hydrogen-bond acceptors (Lipinski definition) is 3. The normalized spacial score (nSPS) is 12.2. The molecule has 0 fully saturated rings. The number of para-hydroxylation sites is 1. The van der Waals surface area contributed by atoms with Gasteiger partial charge in [0.1, 0.15) is 0 Å². The van der Waals surface area contributed by atoms with E-state index in [1.807, 2.05) is 13.8 Å². The zero-order valence-corrected chi connectivity index (χ0v) is 9.94. The highest BCUT2D eigenvalue weighted by molar-refractivity contribution is 6.04. The second-order valence-electron chi connectivity index (χ2n) is 4.17. The van der Waals surface area contributed by atoms with Gasteiger partial charge in [0, 0.05) is 0 Å². The Morgan fingerprint density at radius 3 is 2.35 bits per heavy atom. The Balaban J connectivity index is 2.89. The molecule has 0 unspecified atom stereocenters. The van der Waals surface area contributed by atoms with Gasteiger partial charge in [0.2, 0.25) is 5.91 Å². The average Bonchev–Trinajstić information content (AvgIpc) is 2.28. The summed E-state index contributed by atoms with van der Waals surface area (Å²) in [7, 11) is 0.